The quantitative estimate of drug-likeness (QED) is 0.638. The Kier molecular flexibility index (Phi) is 4.72. The van der Waals surface area contributed by atoms with Gasteiger partial charge in [0.1, 0.15) is 16.5 Å². The number of nitrogens with zero attached hydrogens (tertiary/aromatic N) is 4. The molecule has 144 valence electrons. The van der Waals surface area contributed by atoms with Gasteiger partial charge in [0.05, 0.1) is 5.39 Å². The molecule has 5 rings (SSSR count). The number of fused-ring (bicyclic) bond motifs is 3. The van der Waals surface area contributed by atoms with Crippen molar-refractivity contribution in [2.45, 2.75) is 32.1 Å². The lowest BCUT2D eigenvalue weighted by Gasteiger charge is -2.34. The molecule has 1 aliphatic heterocycles. The smallest absolute Gasteiger partial charge is 0.209 e. The summed E-state index contributed by atoms with van der Waals surface area (Å²) >= 11 is 1.86. The van der Waals surface area contributed by atoms with Crippen LogP contribution in [-0.4, -0.2) is 47.5 Å². The Bertz CT molecular complexity index is 993. The van der Waals surface area contributed by atoms with Crippen molar-refractivity contribution >= 4 is 33.8 Å². The van der Waals surface area contributed by atoms with Crippen LogP contribution in [0.2, 0.25) is 0 Å². The van der Waals surface area contributed by atoms with Crippen molar-refractivity contribution in [1.29, 1.82) is 0 Å². The molecule has 3 heterocycles. The van der Waals surface area contributed by atoms with Gasteiger partial charge in [-0.05, 0) is 36.8 Å². The van der Waals surface area contributed by atoms with E-state index >= 15 is 0 Å². The zero-order valence-corrected chi connectivity index (χ0v) is 16.7. The van der Waals surface area contributed by atoms with Crippen LogP contribution in [0.3, 0.4) is 0 Å². The van der Waals surface area contributed by atoms with Crippen molar-refractivity contribution in [2.24, 2.45) is 0 Å². The minimum absolute atomic E-state index is 0.751. The lowest BCUT2D eigenvalue weighted by Crippen LogP contribution is -2.46. The molecule has 0 spiro atoms. The van der Waals surface area contributed by atoms with Crippen molar-refractivity contribution in [2.75, 3.05) is 31.1 Å². The number of thiophene rings is 1. The van der Waals surface area contributed by atoms with E-state index in [4.69, 9.17) is 9.97 Å². The van der Waals surface area contributed by atoms with E-state index < -0.39 is 0 Å². The number of hydrogen-bond donors (Lipinski definition) is 0. The summed E-state index contributed by atoms with van der Waals surface area (Å²) in [6.07, 6.45) is 6.54. The van der Waals surface area contributed by atoms with Crippen molar-refractivity contribution in [3.8, 4) is 0 Å². The molecule has 0 atom stereocenters. The zero-order chi connectivity index (χ0) is 18.9. The van der Waals surface area contributed by atoms with Crippen molar-refractivity contribution in [1.82, 2.24) is 14.9 Å². The van der Waals surface area contributed by atoms with Gasteiger partial charge in [-0.15, -0.1) is 11.3 Å². The highest BCUT2D eigenvalue weighted by molar-refractivity contribution is 7.19. The molecule has 28 heavy (non-hydrogen) atoms. The molecule has 1 aliphatic carbocycles. The third-order valence-electron chi connectivity index (χ3n) is 5.81. The van der Waals surface area contributed by atoms with Crippen LogP contribution in [0.4, 0.5) is 5.82 Å². The Hall–Kier alpha value is -2.47. The van der Waals surface area contributed by atoms with E-state index in [1.807, 2.05) is 22.3 Å². The van der Waals surface area contributed by atoms with Crippen LogP contribution < -0.4 is 4.90 Å². The van der Waals surface area contributed by atoms with Gasteiger partial charge in [-0.1, -0.05) is 30.3 Å². The maximum absolute atomic E-state index is 11.1. The summed E-state index contributed by atoms with van der Waals surface area (Å²) in [5, 5.41) is 1.27. The number of carbonyl (C=O) groups excluding carboxylic acids is 1. The molecular formula is C22H24N4OS. The van der Waals surface area contributed by atoms with Gasteiger partial charge in [0.25, 0.3) is 0 Å². The first-order valence-corrected chi connectivity index (χ1v) is 10.9. The fourth-order valence-electron chi connectivity index (χ4n) is 4.31. The Morgan fingerprint density at radius 3 is 2.57 bits per heavy atom. The standard InChI is InChI=1S/C22H24N4OS/c27-15-25-10-12-26(13-11-25)21-20-17-8-4-5-9-18(17)28-22(20)24-19(23-21)14-16-6-2-1-3-7-16/h1-3,6-7,15H,4-5,8-14H2. The first kappa shape index (κ1) is 17.6. The van der Waals surface area contributed by atoms with Gasteiger partial charge in [-0.25, -0.2) is 9.97 Å². The molecule has 3 aromatic rings. The average Bonchev–Trinajstić information content (AvgIpc) is 3.12. The van der Waals surface area contributed by atoms with Gasteiger partial charge in [0.15, 0.2) is 0 Å². The highest BCUT2D eigenvalue weighted by Gasteiger charge is 2.25. The Labute approximate surface area is 169 Å². The molecule has 1 fully saturated rings. The van der Waals surface area contributed by atoms with E-state index in [1.165, 1.54) is 40.7 Å². The van der Waals surface area contributed by atoms with Crippen LogP contribution in [-0.2, 0) is 24.1 Å². The molecular weight excluding hydrogens is 368 g/mol. The van der Waals surface area contributed by atoms with Gasteiger partial charge < -0.3 is 9.80 Å². The number of amides is 1. The summed E-state index contributed by atoms with van der Waals surface area (Å²) in [7, 11) is 0. The van der Waals surface area contributed by atoms with Crippen molar-refractivity contribution in [3.05, 3.63) is 52.2 Å². The lowest BCUT2D eigenvalue weighted by molar-refractivity contribution is -0.118. The summed E-state index contributed by atoms with van der Waals surface area (Å²) in [5.41, 5.74) is 2.71. The van der Waals surface area contributed by atoms with Gasteiger partial charge in [-0.3, -0.25) is 4.79 Å². The molecule has 6 heteroatoms. The van der Waals surface area contributed by atoms with E-state index in [2.05, 4.69) is 29.2 Å². The lowest BCUT2D eigenvalue weighted by atomic mass is 9.96. The molecule has 0 N–H and O–H groups in total. The maximum Gasteiger partial charge on any atom is 0.209 e. The Morgan fingerprint density at radius 2 is 1.79 bits per heavy atom. The Balaban J connectivity index is 1.58. The number of hydrogen-bond acceptors (Lipinski definition) is 5. The molecule has 0 radical (unpaired) electrons. The molecule has 1 saturated heterocycles. The highest BCUT2D eigenvalue weighted by atomic mass is 32.1. The summed E-state index contributed by atoms with van der Waals surface area (Å²) in [4.78, 5) is 28.0. The number of aromatic nitrogens is 2. The molecule has 0 bridgehead atoms. The van der Waals surface area contributed by atoms with E-state index in [9.17, 15) is 4.79 Å². The van der Waals surface area contributed by atoms with Crippen LogP contribution in [0.15, 0.2) is 30.3 Å². The SMILES string of the molecule is O=CN1CCN(c2nc(Cc3ccccc3)nc3sc4c(c23)CCCC4)CC1. The molecule has 2 aromatic heterocycles. The van der Waals surface area contributed by atoms with Crippen molar-refractivity contribution in [3.63, 3.8) is 0 Å². The fraction of sp³-hybridized carbons (Fsp3) is 0.409. The normalized spacial score (nSPS) is 17.0. The summed E-state index contributed by atoms with van der Waals surface area (Å²) in [5.74, 6) is 1.98. The molecule has 1 aromatic carbocycles. The van der Waals surface area contributed by atoms with E-state index in [0.29, 0.717) is 0 Å². The number of benzene rings is 1. The third kappa shape index (κ3) is 3.26. The second kappa shape index (κ2) is 7.51. The highest BCUT2D eigenvalue weighted by Crippen LogP contribution is 2.40. The van der Waals surface area contributed by atoms with Crippen LogP contribution in [0, 0.1) is 0 Å². The number of rotatable bonds is 4. The topological polar surface area (TPSA) is 49.3 Å². The number of carbonyl (C=O) groups is 1. The van der Waals surface area contributed by atoms with Crippen molar-refractivity contribution < 1.29 is 4.79 Å². The van der Waals surface area contributed by atoms with E-state index in [1.54, 1.807) is 0 Å². The van der Waals surface area contributed by atoms with Gasteiger partial charge >= 0.3 is 0 Å². The van der Waals surface area contributed by atoms with E-state index in [0.717, 1.165) is 61.9 Å². The molecule has 5 nitrogen and oxygen atoms in total. The van der Waals surface area contributed by atoms with Crippen LogP contribution in [0.25, 0.3) is 10.2 Å². The van der Waals surface area contributed by atoms with Gasteiger partial charge in [0.2, 0.25) is 6.41 Å². The molecule has 1 amide bonds. The number of piperazine rings is 1. The second-order valence-electron chi connectivity index (χ2n) is 7.65. The first-order valence-electron chi connectivity index (χ1n) is 10.1. The van der Waals surface area contributed by atoms with Crippen LogP contribution in [0.1, 0.15) is 34.7 Å². The number of anilines is 1. The second-order valence-corrected chi connectivity index (χ2v) is 8.73. The predicted octanol–water partition coefficient (Wildman–Crippen LogP) is 3.44. The minimum Gasteiger partial charge on any atom is -0.352 e. The first-order chi connectivity index (χ1) is 13.8. The fourth-order valence-corrected chi connectivity index (χ4v) is 5.58. The molecule has 0 saturated carbocycles. The number of aryl methyl sites for hydroxylation is 2. The third-order valence-corrected chi connectivity index (χ3v) is 7.00. The summed E-state index contributed by atoms with van der Waals surface area (Å²) in [6.45, 7) is 3.19. The average molecular weight is 393 g/mol. The van der Waals surface area contributed by atoms with Crippen LogP contribution >= 0.6 is 11.3 Å². The summed E-state index contributed by atoms with van der Waals surface area (Å²) < 4.78 is 0. The molecule has 2 aliphatic rings. The monoisotopic (exact) mass is 392 g/mol. The Morgan fingerprint density at radius 1 is 1.00 bits per heavy atom. The minimum atomic E-state index is 0.751. The van der Waals surface area contributed by atoms with Gasteiger partial charge in [0, 0.05) is 37.5 Å². The maximum atomic E-state index is 11.1. The van der Waals surface area contributed by atoms with Gasteiger partial charge in [-0.2, -0.15) is 0 Å². The largest absolute Gasteiger partial charge is 0.352 e. The van der Waals surface area contributed by atoms with E-state index in [-0.39, 0.29) is 0 Å². The predicted molar refractivity (Wildman–Crippen MR) is 113 cm³/mol. The zero-order valence-electron chi connectivity index (χ0n) is 15.9. The summed E-state index contributed by atoms with van der Waals surface area (Å²) in [6, 6.07) is 10.4. The molecule has 0 unspecified atom stereocenters. The van der Waals surface area contributed by atoms with Crippen LogP contribution in [0.5, 0.6) is 0 Å².